The summed E-state index contributed by atoms with van der Waals surface area (Å²) < 4.78 is 2.25. The fourth-order valence-corrected chi connectivity index (χ4v) is 2.55. The molecule has 19 heavy (non-hydrogen) atoms. The molecule has 108 valence electrons. The second-order valence-corrected chi connectivity index (χ2v) is 5.09. The quantitative estimate of drug-likeness (QED) is 0.700. The molecule has 2 rings (SSSR count). The minimum Gasteiger partial charge on any atom is -0.333 e. The molecule has 0 amide bonds. The molecule has 1 aliphatic rings. The van der Waals surface area contributed by atoms with Crippen LogP contribution >= 0.6 is 0 Å². The summed E-state index contributed by atoms with van der Waals surface area (Å²) in [6, 6.07) is 0. The predicted octanol–water partition coefficient (Wildman–Crippen LogP) is 0.630. The Bertz CT molecular complexity index is 358. The number of hydrogen-bond donors (Lipinski definition) is 1. The van der Waals surface area contributed by atoms with E-state index in [1.165, 1.54) is 5.82 Å². The highest BCUT2D eigenvalue weighted by molar-refractivity contribution is 4.95. The lowest BCUT2D eigenvalue weighted by atomic mass is 10.3. The van der Waals surface area contributed by atoms with Gasteiger partial charge in [0.15, 0.2) is 0 Å². The van der Waals surface area contributed by atoms with Gasteiger partial charge in [0.2, 0.25) is 0 Å². The molecule has 0 saturated carbocycles. The summed E-state index contributed by atoms with van der Waals surface area (Å²) in [5.41, 5.74) is 0. The van der Waals surface area contributed by atoms with Crippen molar-refractivity contribution in [3.63, 3.8) is 0 Å². The van der Waals surface area contributed by atoms with Crippen molar-refractivity contribution in [3.05, 3.63) is 18.2 Å². The van der Waals surface area contributed by atoms with Gasteiger partial charge in [0.25, 0.3) is 0 Å². The van der Waals surface area contributed by atoms with Crippen LogP contribution in [0, 0.1) is 0 Å². The largest absolute Gasteiger partial charge is 0.333 e. The summed E-state index contributed by atoms with van der Waals surface area (Å²) in [5.74, 6) is 1.20. The van der Waals surface area contributed by atoms with E-state index in [2.05, 4.69) is 44.7 Å². The third-order valence-electron chi connectivity index (χ3n) is 3.93. The van der Waals surface area contributed by atoms with E-state index in [4.69, 9.17) is 0 Å². The Morgan fingerprint density at radius 2 is 2.11 bits per heavy atom. The highest BCUT2D eigenvalue weighted by Crippen LogP contribution is 2.08. The van der Waals surface area contributed by atoms with Gasteiger partial charge in [0.1, 0.15) is 5.82 Å². The number of likely N-dealkylation sites (N-methyl/N-ethyl adjacent to an activating group) is 1. The molecule has 1 N–H and O–H groups in total. The van der Waals surface area contributed by atoms with Gasteiger partial charge in [-0.2, -0.15) is 0 Å². The molecule has 1 aliphatic heterocycles. The fourth-order valence-electron chi connectivity index (χ4n) is 2.55. The molecule has 0 radical (unpaired) electrons. The summed E-state index contributed by atoms with van der Waals surface area (Å²) in [6.07, 6.45) is 3.98. The molecule has 1 aromatic rings. The molecule has 2 heterocycles. The van der Waals surface area contributed by atoms with Crippen molar-refractivity contribution in [1.82, 2.24) is 24.7 Å². The Morgan fingerprint density at radius 3 is 2.89 bits per heavy atom. The normalized spacial score (nSPS) is 15.9. The highest BCUT2D eigenvalue weighted by atomic mass is 15.2. The molecule has 1 aromatic heterocycles. The second kappa shape index (κ2) is 7.62. The van der Waals surface area contributed by atoms with Gasteiger partial charge >= 0.3 is 0 Å². The standard InChI is InChI=1S/C14H27N5/c1-3-17(4-2)8-5-15-6-9-18-11-12-19-10-7-16-14(19)13-18/h7,10,15H,3-6,8-9,11-13H2,1-2H3. The molecular formula is C14H27N5. The van der Waals surface area contributed by atoms with Gasteiger partial charge in [-0.15, -0.1) is 0 Å². The zero-order valence-corrected chi connectivity index (χ0v) is 12.3. The summed E-state index contributed by atoms with van der Waals surface area (Å²) in [7, 11) is 0. The average molecular weight is 265 g/mol. The molecule has 0 unspecified atom stereocenters. The van der Waals surface area contributed by atoms with Crippen LogP contribution in [0.4, 0.5) is 0 Å². The topological polar surface area (TPSA) is 36.3 Å². The van der Waals surface area contributed by atoms with E-state index in [1.807, 2.05) is 6.20 Å². The van der Waals surface area contributed by atoms with Crippen LogP contribution in [-0.4, -0.2) is 65.2 Å². The number of rotatable bonds is 8. The number of fused-ring (bicyclic) bond motifs is 1. The maximum atomic E-state index is 4.39. The molecule has 5 heteroatoms. The van der Waals surface area contributed by atoms with Crippen molar-refractivity contribution in [3.8, 4) is 0 Å². The van der Waals surface area contributed by atoms with E-state index in [9.17, 15) is 0 Å². The van der Waals surface area contributed by atoms with Crippen molar-refractivity contribution < 1.29 is 0 Å². The number of nitrogens with zero attached hydrogens (tertiary/aromatic N) is 4. The third-order valence-corrected chi connectivity index (χ3v) is 3.93. The molecule has 0 fully saturated rings. The Kier molecular flexibility index (Phi) is 5.82. The molecule has 0 aliphatic carbocycles. The first-order valence-corrected chi connectivity index (χ1v) is 7.49. The minimum absolute atomic E-state index is 0.991. The Labute approximate surface area is 116 Å². The van der Waals surface area contributed by atoms with E-state index in [1.54, 1.807) is 0 Å². The average Bonchev–Trinajstić information content (AvgIpc) is 2.90. The van der Waals surface area contributed by atoms with Gasteiger partial charge in [-0.3, -0.25) is 4.90 Å². The zero-order valence-electron chi connectivity index (χ0n) is 12.3. The van der Waals surface area contributed by atoms with Crippen LogP contribution in [0.3, 0.4) is 0 Å². The van der Waals surface area contributed by atoms with Gasteiger partial charge in [-0.05, 0) is 13.1 Å². The summed E-state index contributed by atoms with van der Waals surface area (Å²) in [5, 5.41) is 3.54. The Morgan fingerprint density at radius 1 is 1.26 bits per heavy atom. The molecule has 0 bridgehead atoms. The lowest BCUT2D eigenvalue weighted by Gasteiger charge is -2.27. The number of hydrogen-bond acceptors (Lipinski definition) is 4. The van der Waals surface area contributed by atoms with Gasteiger partial charge in [-0.1, -0.05) is 13.8 Å². The number of aromatic nitrogens is 2. The van der Waals surface area contributed by atoms with Crippen molar-refractivity contribution in [2.45, 2.75) is 26.9 Å². The second-order valence-electron chi connectivity index (χ2n) is 5.09. The summed E-state index contributed by atoms with van der Waals surface area (Å²) in [4.78, 5) is 9.32. The van der Waals surface area contributed by atoms with E-state index in [0.717, 1.165) is 58.9 Å². The smallest absolute Gasteiger partial charge is 0.122 e. The zero-order chi connectivity index (χ0) is 13.5. The first kappa shape index (κ1) is 14.5. The molecule has 0 spiro atoms. The highest BCUT2D eigenvalue weighted by Gasteiger charge is 2.15. The molecule has 0 saturated heterocycles. The lowest BCUT2D eigenvalue weighted by molar-refractivity contribution is 0.215. The van der Waals surface area contributed by atoms with Crippen molar-refractivity contribution in [2.75, 3.05) is 45.8 Å². The predicted molar refractivity (Wildman–Crippen MR) is 78.2 cm³/mol. The first-order valence-electron chi connectivity index (χ1n) is 7.49. The molecule has 0 atom stereocenters. The number of imidazole rings is 1. The Hall–Kier alpha value is -0.910. The van der Waals surface area contributed by atoms with E-state index >= 15 is 0 Å². The van der Waals surface area contributed by atoms with Crippen LogP contribution in [0.15, 0.2) is 12.4 Å². The molecule has 5 nitrogen and oxygen atoms in total. The van der Waals surface area contributed by atoms with Gasteiger partial charge in [0, 0.05) is 51.7 Å². The molecule has 0 aromatic carbocycles. The maximum absolute atomic E-state index is 4.39. The fraction of sp³-hybridized carbons (Fsp3) is 0.786. The maximum Gasteiger partial charge on any atom is 0.122 e. The number of nitrogens with one attached hydrogen (secondary N) is 1. The van der Waals surface area contributed by atoms with Crippen molar-refractivity contribution in [1.29, 1.82) is 0 Å². The van der Waals surface area contributed by atoms with Crippen LogP contribution in [0.1, 0.15) is 19.7 Å². The van der Waals surface area contributed by atoms with Crippen molar-refractivity contribution in [2.24, 2.45) is 0 Å². The minimum atomic E-state index is 0.991. The monoisotopic (exact) mass is 265 g/mol. The molecular weight excluding hydrogens is 238 g/mol. The third kappa shape index (κ3) is 4.30. The van der Waals surface area contributed by atoms with E-state index < -0.39 is 0 Å². The van der Waals surface area contributed by atoms with Crippen LogP contribution in [0.2, 0.25) is 0 Å². The van der Waals surface area contributed by atoms with Crippen LogP contribution in [0.5, 0.6) is 0 Å². The lowest BCUT2D eigenvalue weighted by Crippen LogP contribution is -2.39. The van der Waals surface area contributed by atoms with Crippen LogP contribution < -0.4 is 5.32 Å². The van der Waals surface area contributed by atoms with Gasteiger partial charge in [0.05, 0.1) is 6.54 Å². The van der Waals surface area contributed by atoms with Crippen molar-refractivity contribution >= 4 is 0 Å². The summed E-state index contributed by atoms with van der Waals surface area (Å²) >= 11 is 0. The van der Waals surface area contributed by atoms with E-state index in [-0.39, 0.29) is 0 Å². The first-order chi connectivity index (χ1) is 9.33. The van der Waals surface area contributed by atoms with E-state index in [0.29, 0.717) is 0 Å². The van der Waals surface area contributed by atoms with Gasteiger partial charge in [-0.25, -0.2) is 4.98 Å². The van der Waals surface area contributed by atoms with Crippen LogP contribution in [-0.2, 0) is 13.1 Å². The summed E-state index contributed by atoms with van der Waals surface area (Å²) in [6.45, 7) is 14.4. The van der Waals surface area contributed by atoms with Crippen LogP contribution in [0.25, 0.3) is 0 Å². The Balaban J connectivity index is 1.57. The SMILES string of the molecule is CCN(CC)CCNCCN1CCn2ccnc2C1. The van der Waals surface area contributed by atoms with Gasteiger partial charge < -0.3 is 14.8 Å².